The lowest BCUT2D eigenvalue weighted by Gasteiger charge is -2.33. The van der Waals surface area contributed by atoms with Crippen LogP contribution in [-0.2, 0) is 11.2 Å². The molecule has 2 aromatic rings. The Morgan fingerprint density at radius 2 is 1.67 bits per heavy atom. The van der Waals surface area contributed by atoms with Crippen LogP contribution >= 0.6 is 0 Å². The van der Waals surface area contributed by atoms with Gasteiger partial charge in [0.1, 0.15) is 0 Å². The number of hydrogen-bond acceptors (Lipinski definition) is 5. The van der Waals surface area contributed by atoms with Crippen LogP contribution in [0.15, 0.2) is 6.07 Å². The molecule has 9 nitrogen and oxygen atoms in total. The predicted molar refractivity (Wildman–Crippen MR) is 112 cm³/mol. The summed E-state index contributed by atoms with van der Waals surface area (Å²) in [6, 6.07) is 2.29. The van der Waals surface area contributed by atoms with E-state index in [4.69, 9.17) is 0 Å². The number of carbonyl (C=O) groups is 2. The fraction of sp³-hybridized carbons (Fsp3) is 0.667. The SMILES string of the molecule is Cc1cc(C)n2nc(CC(=O)N3CCC(NC(=O)NC4CCCCC4)CC3)nc2n1. The molecule has 1 aliphatic carbocycles. The van der Waals surface area contributed by atoms with E-state index in [0.717, 1.165) is 37.1 Å². The Morgan fingerprint density at radius 3 is 2.37 bits per heavy atom. The van der Waals surface area contributed by atoms with Gasteiger partial charge in [-0.1, -0.05) is 19.3 Å². The lowest BCUT2D eigenvalue weighted by Crippen LogP contribution is -2.51. The Hall–Kier alpha value is -2.71. The summed E-state index contributed by atoms with van der Waals surface area (Å²) in [5.41, 5.74) is 1.83. The zero-order chi connectivity index (χ0) is 21.1. The molecule has 3 heterocycles. The first-order valence-electron chi connectivity index (χ1n) is 11.0. The minimum absolute atomic E-state index is 0.0189. The molecule has 1 saturated carbocycles. The van der Waals surface area contributed by atoms with Gasteiger partial charge in [-0.3, -0.25) is 4.79 Å². The molecule has 0 aromatic carbocycles. The fourth-order valence-corrected chi connectivity index (χ4v) is 4.46. The van der Waals surface area contributed by atoms with Crippen molar-refractivity contribution in [3.05, 3.63) is 23.3 Å². The molecule has 162 valence electrons. The maximum atomic E-state index is 12.7. The van der Waals surface area contributed by atoms with Gasteiger partial charge in [0.25, 0.3) is 5.78 Å². The molecule has 0 radical (unpaired) electrons. The lowest BCUT2D eigenvalue weighted by atomic mass is 9.96. The van der Waals surface area contributed by atoms with Crippen molar-refractivity contribution in [3.8, 4) is 0 Å². The average Bonchev–Trinajstić information content (AvgIpc) is 3.11. The van der Waals surface area contributed by atoms with E-state index in [1.807, 2.05) is 24.8 Å². The molecule has 0 spiro atoms. The van der Waals surface area contributed by atoms with Crippen molar-refractivity contribution < 1.29 is 9.59 Å². The number of urea groups is 1. The van der Waals surface area contributed by atoms with Gasteiger partial charge in [-0.05, 0) is 45.6 Å². The molecule has 1 aliphatic heterocycles. The van der Waals surface area contributed by atoms with Crippen LogP contribution in [0, 0.1) is 13.8 Å². The standard InChI is InChI=1S/C21H31N7O2/c1-14-12-15(2)28-20(22-14)25-18(26-28)13-19(29)27-10-8-17(9-11-27)24-21(30)23-16-6-4-3-5-7-16/h12,16-17H,3-11,13H2,1-2H3,(H2,23,24,30). The summed E-state index contributed by atoms with van der Waals surface area (Å²) < 4.78 is 1.68. The molecule has 0 unspecified atom stereocenters. The van der Waals surface area contributed by atoms with Gasteiger partial charge in [0, 0.05) is 36.6 Å². The van der Waals surface area contributed by atoms with Crippen LogP contribution in [0.2, 0.25) is 0 Å². The number of amides is 3. The molecular formula is C21H31N7O2. The number of aryl methyl sites for hydroxylation is 2. The van der Waals surface area contributed by atoms with E-state index in [1.165, 1.54) is 19.3 Å². The lowest BCUT2D eigenvalue weighted by molar-refractivity contribution is -0.131. The number of fused-ring (bicyclic) bond motifs is 1. The van der Waals surface area contributed by atoms with Gasteiger partial charge in [-0.15, -0.1) is 5.10 Å². The van der Waals surface area contributed by atoms with Crippen LogP contribution < -0.4 is 10.6 Å². The Bertz CT molecular complexity index is 911. The van der Waals surface area contributed by atoms with Gasteiger partial charge in [0.05, 0.1) is 6.42 Å². The number of carbonyl (C=O) groups excluding carboxylic acids is 2. The number of piperidine rings is 1. The van der Waals surface area contributed by atoms with Crippen molar-refractivity contribution in [2.75, 3.05) is 13.1 Å². The maximum absolute atomic E-state index is 12.7. The first-order valence-corrected chi connectivity index (χ1v) is 11.0. The molecule has 3 amide bonds. The number of nitrogens with one attached hydrogen (secondary N) is 2. The van der Waals surface area contributed by atoms with Crippen molar-refractivity contribution in [2.45, 2.75) is 77.3 Å². The third-order valence-electron chi connectivity index (χ3n) is 6.09. The molecule has 4 rings (SSSR count). The first-order chi connectivity index (χ1) is 14.5. The third kappa shape index (κ3) is 4.88. The fourth-order valence-electron chi connectivity index (χ4n) is 4.46. The first kappa shape index (κ1) is 20.6. The second-order valence-corrected chi connectivity index (χ2v) is 8.56. The van der Waals surface area contributed by atoms with Crippen LogP contribution in [0.1, 0.15) is 62.2 Å². The third-order valence-corrected chi connectivity index (χ3v) is 6.09. The molecule has 2 aromatic heterocycles. The average molecular weight is 414 g/mol. The highest BCUT2D eigenvalue weighted by molar-refractivity contribution is 5.78. The minimum atomic E-state index is -0.0706. The monoisotopic (exact) mass is 413 g/mol. The van der Waals surface area contributed by atoms with Crippen molar-refractivity contribution in [1.29, 1.82) is 0 Å². The van der Waals surface area contributed by atoms with Gasteiger partial charge >= 0.3 is 6.03 Å². The molecule has 9 heteroatoms. The smallest absolute Gasteiger partial charge is 0.315 e. The van der Waals surface area contributed by atoms with Crippen molar-refractivity contribution in [3.63, 3.8) is 0 Å². The Labute approximate surface area is 176 Å². The van der Waals surface area contributed by atoms with E-state index in [-0.39, 0.29) is 24.4 Å². The normalized spacial score (nSPS) is 18.5. The van der Waals surface area contributed by atoms with Gasteiger partial charge in [-0.25, -0.2) is 14.3 Å². The van der Waals surface area contributed by atoms with Crippen molar-refractivity contribution in [2.24, 2.45) is 0 Å². The van der Waals surface area contributed by atoms with Gasteiger partial charge in [-0.2, -0.15) is 4.98 Å². The number of nitrogens with zero attached hydrogens (tertiary/aromatic N) is 5. The second-order valence-electron chi connectivity index (χ2n) is 8.56. The predicted octanol–water partition coefficient (Wildman–Crippen LogP) is 1.91. The Kier molecular flexibility index (Phi) is 6.15. The highest BCUT2D eigenvalue weighted by atomic mass is 16.2. The van der Waals surface area contributed by atoms with Crippen molar-refractivity contribution in [1.82, 2.24) is 35.1 Å². The minimum Gasteiger partial charge on any atom is -0.342 e. The topological polar surface area (TPSA) is 105 Å². The van der Waals surface area contributed by atoms with E-state index < -0.39 is 0 Å². The van der Waals surface area contributed by atoms with E-state index in [1.54, 1.807) is 4.52 Å². The zero-order valence-electron chi connectivity index (χ0n) is 17.9. The molecule has 30 heavy (non-hydrogen) atoms. The highest BCUT2D eigenvalue weighted by Crippen LogP contribution is 2.17. The van der Waals surface area contributed by atoms with Crippen LogP contribution in [0.4, 0.5) is 4.79 Å². The van der Waals surface area contributed by atoms with Gasteiger partial charge in [0.15, 0.2) is 5.82 Å². The molecule has 2 N–H and O–H groups in total. The summed E-state index contributed by atoms with van der Waals surface area (Å²) in [5, 5.41) is 10.6. The van der Waals surface area contributed by atoms with Crippen LogP contribution in [0.25, 0.3) is 5.78 Å². The van der Waals surface area contributed by atoms with E-state index in [0.29, 0.717) is 30.7 Å². The van der Waals surface area contributed by atoms with Crippen LogP contribution in [0.3, 0.4) is 0 Å². The number of rotatable bonds is 4. The molecule has 0 bridgehead atoms. The largest absolute Gasteiger partial charge is 0.342 e. The summed E-state index contributed by atoms with van der Waals surface area (Å²) in [7, 11) is 0. The summed E-state index contributed by atoms with van der Waals surface area (Å²) in [6.45, 7) is 5.14. The van der Waals surface area contributed by atoms with Gasteiger partial charge < -0.3 is 15.5 Å². The van der Waals surface area contributed by atoms with E-state index >= 15 is 0 Å². The molecular weight excluding hydrogens is 382 g/mol. The van der Waals surface area contributed by atoms with Crippen LogP contribution in [0.5, 0.6) is 0 Å². The maximum Gasteiger partial charge on any atom is 0.315 e. The number of hydrogen-bond donors (Lipinski definition) is 2. The zero-order valence-corrected chi connectivity index (χ0v) is 17.9. The Morgan fingerprint density at radius 1 is 1.00 bits per heavy atom. The molecule has 1 saturated heterocycles. The second kappa shape index (κ2) is 8.97. The summed E-state index contributed by atoms with van der Waals surface area (Å²) in [5.74, 6) is 1.04. The van der Waals surface area contributed by atoms with Crippen LogP contribution in [-0.4, -0.2) is 61.6 Å². The Balaban J connectivity index is 1.25. The van der Waals surface area contributed by atoms with E-state index in [9.17, 15) is 9.59 Å². The van der Waals surface area contributed by atoms with Crippen molar-refractivity contribution >= 4 is 17.7 Å². The number of aromatic nitrogens is 4. The highest BCUT2D eigenvalue weighted by Gasteiger charge is 2.25. The van der Waals surface area contributed by atoms with Gasteiger partial charge in [0.2, 0.25) is 5.91 Å². The quantitative estimate of drug-likeness (QED) is 0.797. The molecule has 2 aliphatic rings. The summed E-state index contributed by atoms with van der Waals surface area (Å²) in [6.07, 6.45) is 7.51. The number of likely N-dealkylation sites (tertiary alicyclic amines) is 1. The van der Waals surface area contributed by atoms with E-state index in [2.05, 4.69) is 25.7 Å². The summed E-state index contributed by atoms with van der Waals surface area (Å²) >= 11 is 0. The summed E-state index contributed by atoms with van der Waals surface area (Å²) in [4.78, 5) is 35.6. The molecule has 0 atom stereocenters. The molecule has 2 fully saturated rings.